The van der Waals surface area contributed by atoms with Crippen molar-refractivity contribution in [2.45, 2.75) is 18.4 Å². The second-order valence-corrected chi connectivity index (χ2v) is 7.85. The fourth-order valence-corrected chi connectivity index (χ4v) is 4.60. The summed E-state index contributed by atoms with van der Waals surface area (Å²) in [5.74, 6) is 0. The van der Waals surface area contributed by atoms with E-state index in [0.717, 1.165) is 26.2 Å². The monoisotopic (exact) mass is 352 g/mol. The van der Waals surface area contributed by atoms with Gasteiger partial charge in [-0.2, -0.15) is 0 Å². The largest absolute Gasteiger partial charge is 0.336 e. The first-order chi connectivity index (χ1) is 12.0. The van der Waals surface area contributed by atoms with Crippen LogP contribution in [0.15, 0.2) is 65.6 Å². The van der Waals surface area contributed by atoms with Crippen LogP contribution in [0.5, 0.6) is 0 Å². The van der Waals surface area contributed by atoms with Gasteiger partial charge in [0.25, 0.3) is 10.0 Å². The Bertz CT molecular complexity index is 1110. The van der Waals surface area contributed by atoms with Gasteiger partial charge in [0, 0.05) is 0 Å². The van der Waals surface area contributed by atoms with Crippen molar-refractivity contribution in [1.29, 1.82) is 0 Å². The number of amides is 2. The molecule has 0 aliphatic carbocycles. The number of aryl methyl sites for hydroxylation is 1. The number of urea groups is 1. The number of nitrogens with one attached hydrogen (secondary N) is 1. The van der Waals surface area contributed by atoms with Crippen molar-refractivity contribution in [1.82, 2.24) is 4.31 Å². The van der Waals surface area contributed by atoms with Gasteiger partial charge < -0.3 is 5.32 Å². The fraction of sp³-hybridized carbons (Fsp3) is 0.105. The molecular formula is C19H16N2O3S. The van der Waals surface area contributed by atoms with Gasteiger partial charge in [-0.25, -0.2) is 17.5 Å². The predicted molar refractivity (Wildman–Crippen MR) is 96.9 cm³/mol. The Morgan fingerprint density at radius 3 is 2.52 bits per heavy atom. The molecule has 1 aliphatic rings. The summed E-state index contributed by atoms with van der Waals surface area (Å²) >= 11 is 0. The van der Waals surface area contributed by atoms with Gasteiger partial charge >= 0.3 is 6.03 Å². The topological polar surface area (TPSA) is 66.5 Å². The Labute approximate surface area is 145 Å². The number of carbonyl (C=O) groups is 1. The van der Waals surface area contributed by atoms with E-state index in [1.165, 1.54) is 6.07 Å². The van der Waals surface area contributed by atoms with Crippen molar-refractivity contribution in [3.8, 4) is 0 Å². The number of sulfonamides is 1. The molecule has 126 valence electrons. The van der Waals surface area contributed by atoms with Crippen molar-refractivity contribution in [2.75, 3.05) is 5.32 Å². The Balaban J connectivity index is 1.85. The van der Waals surface area contributed by atoms with Crippen molar-refractivity contribution < 1.29 is 13.2 Å². The van der Waals surface area contributed by atoms with E-state index < -0.39 is 16.1 Å². The van der Waals surface area contributed by atoms with Gasteiger partial charge in [-0.1, -0.05) is 48.5 Å². The molecule has 1 aliphatic heterocycles. The number of benzene rings is 3. The summed E-state index contributed by atoms with van der Waals surface area (Å²) in [6.45, 7) is 1.92. The number of nitrogens with zero attached hydrogens (tertiary/aromatic N) is 1. The highest BCUT2D eigenvalue weighted by molar-refractivity contribution is 7.90. The average molecular weight is 352 g/mol. The zero-order valence-electron chi connectivity index (χ0n) is 13.6. The first-order valence-electron chi connectivity index (χ1n) is 7.88. The van der Waals surface area contributed by atoms with Gasteiger partial charge in [-0.3, -0.25) is 0 Å². The quantitative estimate of drug-likeness (QED) is 0.761. The van der Waals surface area contributed by atoms with E-state index in [9.17, 15) is 13.2 Å². The van der Waals surface area contributed by atoms with E-state index in [4.69, 9.17) is 0 Å². The van der Waals surface area contributed by atoms with Crippen LogP contribution in [0.2, 0.25) is 0 Å². The normalized spacial score (nSPS) is 15.7. The third-order valence-corrected chi connectivity index (χ3v) is 6.29. The third-order valence-electron chi connectivity index (χ3n) is 4.50. The second kappa shape index (κ2) is 5.60. The highest BCUT2D eigenvalue weighted by Crippen LogP contribution is 2.32. The van der Waals surface area contributed by atoms with Crippen LogP contribution >= 0.6 is 0 Å². The van der Waals surface area contributed by atoms with Crippen LogP contribution in [-0.4, -0.2) is 18.8 Å². The molecule has 0 bridgehead atoms. The fourth-order valence-electron chi connectivity index (χ4n) is 3.16. The van der Waals surface area contributed by atoms with Crippen LogP contribution in [0.4, 0.5) is 10.5 Å². The lowest BCUT2D eigenvalue weighted by Gasteiger charge is -2.29. The number of fused-ring (bicyclic) bond motifs is 2. The van der Waals surface area contributed by atoms with E-state index in [2.05, 4.69) is 5.32 Å². The molecule has 0 radical (unpaired) electrons. The molecule has 3 aromatic carbocycles. The van der Waals surface area contributed by atoms with E-state index in [1.807, 2.05) is 43.3 Å². The van der Waals surface area contributed by atoms with Crippen molar-refractivity contribution >= 4 is 32.5 Å². The maximum absolute atomic E-state index is 12.9. The Kier molecular flexibility index (Phi) is 3.51. The number of anilines is 1. The van der Waals surface area contributed by atoms with Crippen LogP contribution in [-0.2, 0) is 16.6 Å². The van der Waals surface area contributed by atoms with Gasteiger partial charge in [-0.05, 0) is 41.0 Å². The van der Waals surface area contributed by atoms with Gasteiger partial charge in [0.1, 0.15) is 4.90 Å². The molecule has 3 aromatic rings. The summed E-state index contributed by atoms with van der Waals surface area (Å²) in [4.78, 5) is 12.6. The molecule has 2 amide bonds. The van der Waals surface area contributed by atoms with Crippen LogP contribution in [0.25, 0.3) is 10.8 Å². The number of rotatable bonds is 2. The number of hydrogen-bond donors (Lipinski definition) is 1. The minimum Gasteiger partial charge on any atom is -0.306 e. The molecule has 6 heteroatoms. The molecule has 0 aromatic heterocycles. The number of carbonyl (C=O) groups excluding carboxylic acids is 1. The van der Waals surface area contributed by atoms with Crippen LogP contribution < -0.4 is 5.32 Å². The number of hydrogen-bond acceptors (Lipinski definition) is 3. The highest BCUT2D eigenvalue weighted by Gasteiger charge is 2.36. The van der Waals surface area contributed by atoms with E-state index >= 15 is 0 Å². The first kappa shape index (κ1) is 15.7. The molecule has 1 heterocycles. The molecular weight excluding hydrogens is 336 g/mol. The molecule has 0 saturated heterocycles. The van der Waals surface area contributed by atoms with Gasteiger partial charge in [0.05, 0.1) is 12.2 Å². The van der Waals surface area contributed by atoms with Crippen molar-refractivity contribution in [3.63, 3.8) is 0 Å². The summed E-state index contributed by atoms with van der Waals surface area (Å²) < 4.78 is 26.8. The van der Waals surface area contributed by atoms with E-state index in [-0.39, 0.29) is 11.4 Å². The molecule has 5 nitrogen and oxygen atoms in total. The van der Waals surface area contributed by atoms with Gasteiger partial charge in [0.15, 0.2) is 0 Å². The van der Waals surface area contributed by atoms with Crippen LogP contribution in [0, 0.1) is 6.92 Å². The van der Waals surface area contributed by atoms with Crippen molar-refractivity contribution in [2.24, 2.45) is 0 Å². The zero-order valence-corrected chi connectivity index (χ0v) is 14.4. The highest BCUT2D eigenvalue weighted by atomic mass is 32.2. The molecule has 0 saturated carbocycles. The lowest BCUT2D eigenvalue weighted by atomic mass is 10.00. The minimum atomic E-state index is -3.89. The Hall–Kier alpha value is -2.86. The van der Waals surface area contributed by atoms with Crippen molar-refractivity contribution in [3.05, 3.63) is 71.8 Å². The molecule has 25 heavy (non-hydrogen) atoms. The van der Waals surface area contributed by atoms with Crippen LogP contribution in [0.3, 0.4) is 0 Å². The maximum atomic E-state index is 12.9. The summed E-state index contributed by atoms with van der Waals surface area (Å²) in [5, 5.41) is 4.62. The molecule has 0 unspecified atom stereocenters. The number of para-hydroxylation sites is 1. The van der Waals surface area contributed by atoms with Gasteiger partial charge in [-0.15, -0.1) is 0 Å². The lowest BCUT2D eigenvalue weighted by Crippen LogP contribution is -2.43. The summed E-state index contributed by atoms with van der Waals surface area (Å²) in [6.07, 6.45) is 0. The smallest absolute Gasteiger partial charge is 0.306 e. The molecule has 0 atom stereocenters. The van der Waals surface area contributed by atoms with Crippen LogP contribution in [0.1, 0.15) is 11.1 Å². The van der Waals surface area contributed by atoms with E-state index in [1.54, 1.807) is 18.2 Å². The molecule has 4 rings (SSSR count). The SMILES string of the molecule is Cc1ccc2ccccc2c1CN1C(=O)Nc2ccccc2S1(=O)=O. The third kappa shape index (κ3) is 2.46. The Morgan fingerprint density at radius 1 is 0.960 bits per heavy atom. The first-order valence-corrected chi connectivity index (χ1v) is 9.32. The Morgan fingerprint density at radius 2 is 1.68 bits per heavy atom. The van der Waals surface area contributed by atoms with Gasteiger partial charge in [0.2, 0.25) is 0 Å². The molecule has 0 spiro atoms. The summed E-state index contributed by atoms with van der Waals surface area (Å²) in [7, 11) is -3.89. The standard InChI is InChI=1S/C19H16N2O3S/c1-13-10-11-14-6-2-3-7-15(14)16(13)12-21-19(22)20-17-8-4-5-9-18(17)25(21,23)24/h2-11H,12H2,1H3,(H,20,22). The molecule has 0 fully saturated rings. The van der Waals surface area contributed by atoms with E-state index in [0.29, 0.717) is 5.69 Å². The predicted octanol–water partition coefficient (Wildman–Crippen LogP) is 3.88. The average Bonchev–Trinajstić information content (AvgIpc) is 2.60. The summed E-state index contributed by atoms with van der Waals surface area (Å²) in [5.41, 5.74) is 2.09. The second-order valence-electron chi connectivity index (χ2n) is 6.02. The summed E-state index contributed by atoms with van der Waals surface area (Å²) in [6, 6.07) is 17.5. The maximum Gasteiger partial charge on any atom is 0.336 e. The zero-order chi connectivity index (χ0) is 17.6. The molecule has 1 N–H and O–H groups in total. The lowest BCUT2D eigenvalue weighted by molar-refractivity contribution is 0.233. The minimum absolute atomic E-state index is 0.00428.